The van der Waals surface area contributed by atoms with Gasteiger partial charge in [0.05, 0.1) is 13.4 Å². The van der Waals surface area contributed by atoms with Gasteiger partial charge in [0.25, 0.3) is 0 Å². The molecule has 2 aromatic rings. The third kappa shape index (κ3) is 2.56. The van der Waals surface area contributed by atoms with Crippen molar-refractivity contribution in [1.82, 2.24) is 9.55 Å². The van der Waals surface area contributed by atoms with Gasteiger partial charge in [0, 0.05) is 6.54 Å². The lowest BCUT2D eigenvalue weighted by atomic mass is 10.1. The summed E-state index contributed by atoms with van der Waals surface area (Å²) in [4.78, 5) is 14.9. The molecule has 0 atom stereocenters. The highest BCUT2D eigenvalue weighted by Gasteiger charge is 2.19. The monoisotopic (exact) mass is 248 g/mol. The topological polar surface area (TPSA) is 44.1 Å². The van der Waals surface area contributed by atoms with E-state index in [2.05, 4.69) is 9.72 Å². The van der Waals surface area contributed by atoms with Crippen LogP contribution in [0.5, 0.6) is 0 Å². The average molecular weight is 248 g/mol. The molecule has 18 heavy (non-hydrogen) atoms. The molecular formula is C13H13FN2O2. The van der Waals surface area contributed by atoms with Gasteiger partial charge in [-0.25, -0.2) is 9.78 Å². The highest BCUT2D eigenvalue weighted by Crippen LogP contribution is 2.09. The van der Waals surface area contributed by atoms with Gasteiger partial charge in [0.1, 0.15) is 0 Å². The maximum atomic E-state index is 13.3. The first kappa shape index (κ1) is 12.3. The number of rotatable bonds is 4. The largest absolute Gasteiger partial charge is 0.464 e. The standard InChI is InChI=1S/C13H13FN2O2/c1-18-13(17)11-12(14)15-9-16(11)8-7-10-5-3-2-4-6-10/h2-6,9H,7-8H2,1H3. The molecular weight excluding hydrogens is 235 g/mol. The van der Waals surface area contributed by atoms with Crippen molar-refractivity contribution in [3.8, 4) is 0 Å². The molecule has 0 aliphatic carbocycles. The molecule has 0 spiro atoms. The molecule has 0 saturated heterocycles. The van der Waals surface area contributed by atoms with Crippen molar-refractivity contribution in [2.75, 3.05) is 7.11 Å². The summed E-state index contributed by atoms with van der Waals surface area (Å²) in [5, 5.41) is 0. The number of methoxy groups -OCH3 is 1. The summed E-state index contributed by atoms with van der Waals surface area (Å²) < 4.78 is 19.3. The van der Waals surface area contributed by atoms with Crippen LogP contribution in [0.1, 0.15) is 16.1 Å². The van der Waals surface area contributed by atoms with Crippen LogP contribution in [0, 0.1) is 5.95 Å². The van der Waals surface area contributed by atoms with E-state index in [1.165, 1.54) is 18.0 Å². The minimum absolute atomic E-state index is 0.131. The van der Waals surface area contributed by atoms with Crippen LogP contribution in [-0.2, 0) is 17.7 Å². The average Bonchev–Trinajstić information content (AvgIpc) is 2.78. The second-order valence-corrected chi connectivity index (χ2v) is 3.80. The molecule has 0 amide bonds. The van der Waals surface area contributed by atoms with Gasteiger partial charge < -0.3 is 9.30 Å². The molecule has 0 radical (unpaired) electrons. The lowest BCUT2D eigenvalue weighted by Gasteiger charge is -2.06. The van der Waals surface area contributed by atoms with Crippen LogP contribution in [0.15, 0.2) is 36.7 Å². The molecule has 2 rings (SSSR count). The van der Waals surface area contributed by atoms with Gasteiger partial charge in [-0.1, -0.05) is 30.3 Å². The zero-order valence-electron chi connectivity index (χ0n) is 9.97. The van der Waals surface area contributed by atoms with E-state index in [0.29, 0.717) is 13.0 Å². The Bertz CT molecular complexity index is 537. The number of hydrogen-bond acceptors (Lipinski definition) is 3. The lowest BCUT2D eigenvalue weighted by molar-refractivity contribution is 0.0582. The maximum Gasteiger partial charge on any atom is 0.359 e. The highest BCUT2D eigenvalue weighted by molar-refractivity contribution is 5.87. The summed E-state index contributed by atoms with van der Waals surface area (Å²) in [5.41, 5.74) is 0.982. The van der Waals surface area contributed by atoms with Gasteiger partial charge >= 0.3 is 5.97 Å². The van der Waals surface area contributed by atoms with Crippen LogP contribution in [0.2, 0.25) is 0 Å². The fourth-order valence-electron chi connectivity index (χ4n) is 1.72. The molecule has 94 valence electrons. The fraction of sp³-hybridized carbons (Fsp3) is 0.231. The molecule has 0 fully saturated rings. The van der Waals surface area contributed by atoms with Crippen molar-refractivity contribution in [1.29, 1.82) is 0 Å². The third-order valence-corrected chi connectivity index (χ3v) is 2.66. The number of hydrogen-bond donors (Lipinski definition) is 0. The predicted molar refractivity (Wildman–Crippen MR) is 63.7 cm³/mol. The zero-order chi connectivity index (χ0) is 13.0. The van der Waals surface area contributed by atoms with Crippen LogP contribution in [0.25, 0.3) is 0 Å². The van der Waals surface area contributed by atoms with Crippen molar-refractivity contribution in [2.45, 2.75) is 13.0 Å². The molecule has 0 unspecified atom stereocenters. The highest BCUT2D eigenvalue weighted by atomic mass is 19.1. The second-order valence-electron chi connectivity index (χ2n) is 3.80. The number of benzene rings is 1. The fourth-order valence-corrected chi connectivity index (χ4v) is 1.72. The number of halogens is 1. The Morgan fingerprint density at radius 2 is 2.11 bits per heavy atom. The molecule has 0 bridgehead atoms. The summed E-state index contributed by atoms with van der Waals surface area (Å²) in [6, 6.07) is 9.76. The summed E-state index contributed by atoms with van der Waals surface area (Å²) in [5.74, 6) is -1.51. The number of aromatic nitrogens is 2. The van der Waals surface area contributed by atoms with Crippen LogP contribution in [0.4, 0.5) is 4.39 Å². The van der Waals surface area contributed by atoms with Crippen molar-refractivity contribution in [3.05, 3.63) is 53.9 Å². The van der Waals surface area contributed by atoms with E-state index >= 15 is 0 Å². The molecule has 4 nitrogen and oxygen atoms in total. The maximum absolute atomic E-state index is 13.3. The van der Waals surface area contributed by atoms with Gasteiger partial charge in [-0.3, -0.25) is 0 Å². The Balaban J connectivity index is 2.13. The molecule has 5 heteroatoms. The summed E-state index contributed by atoms with van der Waals surface area (Å²) >= 11 is 0. The van der Waals surface area contributed by atoms with Gasteiger partial charge in [-0.2, -0.15) is 4.39 Å². The summed E-state index contributed by atoms with van der Waals surface area (Å²) in [6.07, 6.45) is 2.01. The number of carbonyl (C=O) groups excluding carboxylic acids is 1. The Kier molecular flexibility index (Phi) is 3.72. The van der Waals surface area contributed by atoms with Gasteiger partial charge in [0.2, 0.25) is 5.95 Å². The Hall–Kier alpha value is -2.17. The van der Waals surface area contributed by atoms with Crippen molar-refractivity contribution < 1.29 is 13.9 Å². The van der Waals surface area contributed by atoms with Crippen LogP contribution < -0.4 is 0 Å². The second kappa shape index (κ2) is 5.44. The third-order valence-electron chi connectivity index (χ3n) is 2.66. The number of nitrogens with zero attached hydrogens (tertiary/aromatic N) is 2. The van der Waals surface area contributed by atoms with Gasteiger partial charge in [-0.05, 0) is 12.0 Å². The first-order chi connectivity index (χ1) is 8.72. The van der Waals surface area contributed by atoms with Crippen molar-refractivity contribution in [2.24, 2.45) is 0 Å². The first-order valence-electron chi connectivity index (χ1n) is 5.55. The quantitative estimate of drug-likeness (QED) is 0.778. The van der Waals surface area contributed by atoms with Gasteiger partial charge in [0.15, 0.2) is 5.69 Å². The minimum Gasteiger partial charge on any atom is -0.464 e. The van der Waals surface area contributed by atoms with E-state index in [4.69, 9.17) is 0 Å². The molecule has 0 aliphatic rings. The number of aryl methyl sites for hydroxylation is 2. The summed E-state index contributed by atoms with van der Waals surface area (Å²) in [7, 11) is 1.22. The SMILES string of the molecule is COC(=O)c1c(F)ncn1CCc1ccccc1. The van der Waals surface area contributed by atoms with E-state index in [0.717, 1.165) is 5.56 Å². The minimum atomic E-state index is -0.796. The molecule has 1 aromatic heterocycles. The number of ether oxygens (including phenoxy) is 1. The van der Waals surface area contributed by atoms with Crippen molar-refractivity contribution >= 4 is 5.97 Å². The molecule has 0 aliphatic heterocycles. The molecule has 1 heterocycles. The van der Waals surface area contributed by atoms with Crippen molar-refractivity contribution in [3.63, 3.8) is 0 Å². The molecule has 0 N–H and O–H groups in total. The van der Waals surface area contributed by atoms with Crippen LogP contribution >= 0.6 is 0 Å². The Morgan fingerprint density at radius 3 is 2.78 bits per heavy atom. The lowest BCUT2D eigenvalue weighted by Crippen LogP contribution is -2.13. The number of esters is 1. The first-order valence-corrected chi connectivity index (χ1v) is 5.55. The zero-order valence-corrected chi connectivity index (χ0v) is 9.97. The van der Waals surface area contributed by atoms with E-state index in [1.54, 1.807) is 0 Å². The molecule has 0 saturated carbocycles. The molecule has 1 aromatic carbocycles. The number of imidazole rings is 1. The predicted octanol–water partition coefficient (Wildman–Crippen LogP) is 2.05. The Morgan fingerprint density at radius 1 is 1.39 bits per heavy atom. The van der Waals surface area contributed by atoms with E-state index in [-0.39, 0.29) is 5.69 Å². The van der Waals surface area contributed by atoms with Gasteiger partial charge in [-0.15, -0.1) is 0 Å². The Labute approximate surface area is 104 Å². The van der Waals surface area contributed by atoms with Crippen LogP contribution in [-0.4, -0.2) is 22.6 Å². The van der Waals surface area contributed by atoms with Crippen LogP contribution in [0.3, 0.4) is 0 Å². The van der Waals surface area contributed by atoms with E-state index in [1.807, 2.05) is 30.3 Å². The normalized spacial score (nSPS) is 10.3. The van der Waals surface area contributed by atoms with E-state index < -0.39 is 11.9 Å². The number of carbonyl (C=O) groups is 1. The summed E-state index contributed by atoms with van der Waals surface area (Å²) in [6.45, 7) is 0.478. The van der Waals surface area contributed by atoms with E-state index in [9.17, 15) is 9.18 Å². The smallest absolute Gasteiger partial charge is 0.359 e.